The van der Waals surface area contributed by atoms with E-state index in [1.54, 1.807) is 0 Å². The van der Waals surface area contributed by atoms with Crippen LogP contribution in [0.25, 0.3) is 0 Å². The molecule has 2 aromatic rings. The zero-order valence-corrected chi connectivity index (χ0v) is 12.7. The zero-order valence-electron chi connectivity index (χ0n) is 11.9. The Labute approximate surface area is 139 Å². The van der Waals surface area contributed by atoms with Gasteiger partial charge in [0.1, 0.15) is 12.4 Å². The summed E-state index contributed by atoms with van der Waals surface area (Å²) in [5.74, 6) is -2.10. The Kier molecular flexibility index (Phi) is 5.64. The van der Waals surface area contributed by atoms with Gasteiger partial charge < -0.3 is 15.2 Å². The van der Waals surface area contributed by atoms with Crippen molar-refractivity contribution in [3.05, 3.63) is 35.1 Å². The number of aromatic nitrogens is 3. The van der Waals surface area contributed by atoms with E-state index in [1.165, 1.54) is 18.3 Å². The third-order valence-corrected chi connectivity index (χ3v) is 2.85. The molecule has 2 heterocycles. The number of nitrogens with one attached hydrogen (secondary N) is 1. The Hall–Kier alpha value is -2.75. The van der Waals surface area contributed by atoms with Crippen LogP contribution in [0.3, 0.4) is 0 Å². The summed E-state index contributed by atoms with van der Waals surface area (Å²) in [6.07, 6.45) is -1.41. The SMILES string of the molecule is O=C(Cn1nc(OCC(F)F)cc1C(=O)O)Nc1ccc(Cl)cn1. The van der Waals surface area contributed by atoms with Crippen molar-refractivity contribution in [2.45, 2.75) is 13.0 Å². The number of nitrogens with zero attached hydrogens (tertiary/aromatic N) is 3. The van der Waals surface area contributed by atoms with Crippen LogP contribution in [-0.2, 0) is 11.3 Å². The third kappa shape index (κ3) is 4.88. The Morgan fingerprint density at radius 2 is 2.17 bits per heavy atom. The number of halogens is 3. The van der Waals surface area contributed by atoms with Crippen molar-refractivity contribution in [1.82, 2.24) is 14.8 Å². The van der Waals surface area contributed by atoms with Gasteiger partial charge >= 0.3 is 5.97 Å². The fraction of sp³-hybridized carbons (Fsp3) is 0.231. The van der Waals surface area contributed by atoms with Gasteiger partial charge in [-0.25, -0.2) is 23.2 Å². The Morgan fingerprint density at radius 3 is 2.75 bits per heavy atom. The van der Waals surface area contributed by atoms with Gasteiger partial charge in [-0.15, -0.1) is 5.10 Å². The molecule has 0 aliphatic carbocycles. The van der Waals surface area contributed by atoms with E-state index in [0.29, 0.717) is 5.02 Å². The molecule has 0 aliphatic rings. The first-order chi connectivity index (χ1) is 11.3. The normalized spacial score (nSPS) is 10.7. The van der Waals surface area contributed by atoms with E-state index >= 15 is 0 Å². The van der Waals surface area contributed by atoms with Gasteiger partial charge in [0.05, 0.1) is 5.02 Å². The first-order valence-electron chi connectivity index (χ1n) is 6.48. The number of hydrogen-bond acceptors (Lipinski definition) is 5. The molecule has 0 unspecified atom stereocenters. The highest BCUT2D eigenvalue weighted by Gasteiger charge is 2.18. The smallest absolute Gasteiger partial charge is 0.354 e. The van der Waals surface area contributed by atoms with Crippen molar-refractivity contribution in [1.29, 1.82) is 0 Å². The van der Waals surface area contributed by atoms with Crippen molar-refractivity contribution < 1.29 is 28.2 Å². The Balaban J connectivity index is 2.07. The molecule has 24 heavy (non-hydrogen) atoms. The lowest BCUT2D eigenvalue weighted by atomic mass is 10.4. The maximum Gasteiger partial charge on any atom is 0.354 e. The number of carboxylic acids is 1. The van der Waals surface area contributed by atoms with E-state index in [-0.39, 0.29) is 17.4 Å². The third-order valence-electron chi connectivity index (χ3n) is 2.62. The second-order valence-corrected chi connectivity index (χ2v) is 4.88. The molecule has 2 aromatic heterocycles. The van der Waals surface area contributed by atoms with Gasteiger partial charge in [-0.3, -0.25) is 4.79 Å². The van der Waals surface area contributed by atoms with E-state index in [2.05, 4.69) is 20.1 Å². The van der Waals surface area contributed by atoms with Crippen LogP contribution in [0, 0.1) is 0 Å². The van der Waals surface area contributed by atoms with Crippen LogP contribution in [0.1, 0.15) is 10.5 Å². The second-order valence-electron chi connectivity index (χ2n) is 4.44. The number of carbonyl (C=O) groups excluding carboxylic acids is 1. The second kappa shape index (κ2) is 7.68. The lowest BCUT2D eigenvalue weighted by Gasteiger charge is -2.06. The van der Waals surface area contributed by atoms with E-state index in [0.717, 1.165) is 10.7 Å². The summed E-state index contributed by atoms with van der Waals surface area (Å²) in [5.41, 5.74) is -0.376. The predicted octanol–water partition coefficient (Wildman–Crippen LogP) is 1.91. The number of alkyl halides is 2. The average Bonchev–Trinajstić information content (AvgIpc) is 2.90. The fourth-order valence-electron chi connectivity index (χ4n) is 1.67. The number of amides is 1. The molecule has 128 valence electrons. The highest BCUT2D eigenvalue weighted by Crippen LogP contribution is 2.14. The zero-order chi connectivity index (χ0) is 17.7. The van der Waals surface area contributed by atoms with Crippen LogP contribution in [0.5, 0.6) is 5.88 Å². The van der Waals surface area contributed by atoms with E-state index in [9.17, 15) is 18.4 Å². The minimum absolute atomic E-state index is 0.211. The highest BCUT2D eigenvalue weighted by molar-refractivity contribution is 6.30. The molecule has 0 saturated carbocycles. The quantitative estimate of drug-likeness (QED) is 0.781. The Bertz CT molecular complexity index is 736. The molecule has 0 saturated heterocycles. The molecule has 0 aromatic carbocycles. The van der Waals surface area contributed by atoms with Crippen molar-refractivity contribution in [2.24, 2.45) is 0 Å². The molecule has 1 amide bonds. The van der Waals surface area contributed by atoms with Gasteiger partial charge in [-0.05, 0) is 12.1 Å². The minimum Gasteiger partial charge on any atom is -0.477 e. The maximum absolute atomic E-state index is 12.1. The van der Waals surface area contributed by atoms with Crippen LogP contribution >= 0.6 is 11.6 Å². The Morgan fingerprint density at radius 1 is 1.42 bits per heavy atom. The average molecular weight is 361 g/mol. The van der Waals surface area contributed by atoms with Crippen LogP contribution in [0.4, 0.5) is 14.6 Å². The number of pyridine rings is 1. The highest BCUT2D eigenvalue weighted by atomic mass is 35.5. The van der Waals surface area contributed by atoms with Crippen LogP contribution in [-0.4, -0.2) is 44.8 Å². The molecule has 0 fully saturated rings. The molecule has 11 heteroatoms. The van der Waals surface area contributed by atoms with Crippen molar-refractivity contribution in [3.8, 4) is 5.88 Å². The number of carbonyl (C=O) groups is 2. The molecular weight excluding hydrogens is 350 g/mol. The first-order valence-corrected chi connectivity index (χ1v) is 6.86. The van der Waals surface area contributed by atoms with Gasteiger partial charge in [-0.1, -0.05) is 11.6 Å². The van der Waals surface area contributed by atoms with Gasteiger partial charge in [0.15, 0.2) is 12.3 Å². The molecular formula is C13H11ClF2N4O4. The summed E-state index contributed by atoms with van der Waals surface area (Å²) in [6, 6.07) is 3.92. The number of aromatic carboxylic acids is 1. The summed E-state index contributed by atoms with van der Waals surface area (Å²) < 4.78 is 29.7. The summed E-state index contributed by atoms with van der Waals surface area (Å²) in [5, 5.41) is 15.5. The van der Waals surface area contributed by atoms with Crippen molar-refractivity contribution in [2.75, 3.05) is 11.9 Å². The lowest BCUT2D eigenvalue weighted by Crippen LogP contribution is -2.22. The topological polar surface area (TPSA) is 106 Å². The minimum atomic E-state index is -2.73. The molecule has 0 atom stereocenters. The van der Waals surface area contributed by atoms with Gasteiger partial charge in [0.2, 0.25) is 11.8 Å². The van der Waals surface area contributed by atoms with Gasteiger partial charge in [0, 0.05) is 12.3 Å². The fourth-order valence-corrected chi connectivity index (χ4v) is 1.78. The number of hydrogen-bond donors (Lipinski definition) is 2. The van der Waals surface area contributed by atoms with Crippen LogP contribution in [0.2, 0.25) is 5.02 Å². The number of carboxylic acid groups (broad SMARTS) is 1. The number of ether oxygens (including phenoxy) is 1. The van der Waals surface area contributed by atoms with E-state index in [1.807, 2.05) is 0 Å². The van der Waals surface area contributed by atoms with E-state index < -0.39 is 31.5 Å². The molecule has 0 bridgehead atoms. The van der Waals surface area contributed by atoms with Gasteiger partial charge in [0.25, 0.3) is 6.43 Å². The lowest BCUT2D eigenvalue weighted by molar-refractivity contribution is -0.116. The largest absolute Gasteiger partial charge is 0.477 e. The molecule has 2 N–H and O–H groups in total. The molecule has 8 nitrogen and oxygen atoms in total. The molecule has 2 rings (SSSR count). The van der Waals surface area contributed by atoms with Crippen LogP contribution < -0.4 is 10.1 Å². The maximum atomic E-state index is 12.1. The summed E-state index contributed by atoms with van der Waals surface area (Å²) in [6.45, 7) is -1.40. The van der Waals surface area contributed by atoms with Gasteiger partial charge in [-0.2, -0.15) is 0 Å². The monoisotopic (exact) mass is 360 g/mol. The first kappa shape index (κ1) is 17.6. The van der Waals surface area contributed by atoms with Crippen molar-refractivity contribution >= 4 is 29.3 Å². The van der Waals surface area contributed by atoms with E-state index in [4.69, 9.17) is 16.7 Å². The van der Waals surface area contributed by atoms with Crippen molar-refractivity contribution in [3.63, 3.8) is 0 Å². The summed E-state index contributed by atoms with van der Waals surface area (Å²) in [7, 11) is 0. The standard InChI is InChI=1S/C13H11ClF2N4O4/c14-7-1-2-10(17-4-7)18-11(21)5-20-8(13(22)23)3-12(19-20)24-6-9(15)16/h1-4,9H,5-6H2,(H,22,23)(H,17,18,21). The summed E-state index contributed by atoms with van der Waals surface area (Å²) >= 11 is 5.67. The number of rotatable bonds is 7. The molecule has 0 spiro atoms. The van der Waals surface area contributed by atoms with Crippen LogP contribution in [0.15, 0.2) is 24.4 Å². The number of anilines is 1. The summed E-state index contributed by atoms with van der Waals surface area (Å²) in [4.78, 5) is 26.9. The predicted molar refractivity (Wildman–Crippen MR) is 78.6 cm³/mol. The molecule has 0 aliphatic heterocycles. The molecule has 0 radical (unpaired) electrons.